The summed E-state index contributed by atoms with van der Waals surface area (Å²) >= 11 is 5.96. The average molecular weight is 414 g/mol. The lowest BCUT2D eigenvalue weighted by Crippen LogP contribution is -2.35. The number of nitrogens with zero attached hydrogens (tertiary/aromatic N) is 2. The Hall–Kier alpha value is -3.32. The average Bonchev–Trinajstić information content (AvgIpc) is 3.17. The first-order chi connectivity index (χ1) is 14.0. The van der Waals surface area contributed by atoms with Crippen molar-refractivity contribution >= 4 is 29.1 Å². The summed E-state index contributed by atoms with van der Waals surface area (Å²) in [7, 11) is 3.05. The second-order valence-electron chi connectivity index (χ2n) is 6.37. The van der Waals surface area contributed by atoms with Gasteiger partial charge >= 0.3 is 0 Å². The first-order valence-electron chi connectivity index (χ1n) is 8.84. The van der Waals surface area contributed by atoms with Gasteiger partial charge in [0.1, 0.15) is 5.75 Å². The summed E-state index contributed by atoms with van der Waals surface area (Å²) in [5.74, 6) is 0.437. The SMILES string of the molecule is COc1ccc(Cl)cc1NC(=O)CN(C)C(=O)Cc1cc(-c2ccccc2)on1. The van der Waals surface area contributed by atoms with Gasteiger partial charge in [-0.15, -0.1) is 0 Å². The van der Waals surface area contributed by atoms with Crippen LogP contribution >= 0.6 is 11.6 Å². The van der Waals surface area contributed by atoms with Crippen LogP contribution in [0.2, 0.25) is 5.02 Å². The maximum atomic E-state index is 12.4. The van der Waals surface area contributed by atoms with Gasteiger partial charge in [-0.25, -0.2) is 0 Å². The molecule has 0 aliphatic heterocycles. The summed E-state index contributed by atoms with van der Waals surface area (Å²) in [5, 5.41) is 7.10. The lowest BCUT2D eigenvalue weighted by molar-refractivity contribution is -0.132. The Bertz CT molecular complexity index is 1000. The minimum Gasteiger partial charge on any atom is -0.495 e. The number of methoxy groups -OCH3 is 1. The van der Waals surface area contributed by atoms with Crippen molar-refractivity contribution in [2.24, 2.45) is 0 Å². The maximum Gasteiger partial charge on any atom is 0.244 e. The molecule has 8 heteroatoms. The van der Waals surface area contributed by atoms with Gasteiger partial charge < -0.3 is 19.5 Å². The molecule has 1 N–H and O–H groups in total. The minimum atomic E-state index is -0.369. The van der Waals surface area contributed by atoms with E-state index in [9.17, 15) is 9.59 Å². The summed E-state index contributed by atoms with van der Waals surface area (Å²) in [6.45, 7) is -0.127. The number of hydrogen-bond acceptors (Lipinski definition) is 5. The smallest absolute Gasteiger partial charge is 0.244 e. The lowest BCUT2D eigenvalue weighted by Gasteiger charge is -2.17. The number of halogens is 1. The summed E-state index contributed by atoms with van der Waals surface area (Å²) < 4.78 is 10.5. The molecule has 29 heavy (non-hydrogen) atoms. The first-order valence-corrected chi connectivity index (χ1v) is 9.22. The van der Waals surface area contributed by atoms with Crippen molar-refractivity contribution in [2.45, 2.75) is 6.42 Å². The molecule has 1 heterocycles. The highest BCUT2D eigenvalue weighted by Gasteiger charge is 2.17. The lowest BCUT2D eigenvalue weighted by atomic mass is 10.1. The van der Waals surface area contributed by atoms with Crippen molar-refractivity contribution in [3.8, 4) is 17.1 Å². The third kappa shape index (κ3) is 5.36. The maximum absolute atomic E-state index is 12.4. The molecule has 150 valence electrons. The van der Waals surface area contributed by atoms with Gasteiger partial charge in [0, 0.05) is 23.7 Å². The summed E-state index contributed by atoms with van der Waals surface area (Å²) in [5.41, 5.74) is 1.81. The number of aromatic nitrogens is 1. The third-order valence-corrected chi connectivity index (χ3v) is 4.43. The molecule has 0 fully saturated rings. The molecule has 1 aromatic heterocycles. The van der Waals surface area contributed by atoms with E-state index in [4.69, 9.17) is 20.9 Å². The molecule has 0 atom stereocenters. The number of hydrogen-bond donors (Lipinski definition) is 1. The summed E-state index contributed by atoms with van der Waals surface area (Å²) in [4.78, 5) is 26.1. The van der Waals surface area contributed by atoms with Crippen LogP contribution in [0.4, 0.5) is 5.69 Å². The van der Waals surface area contributed by atoms with E-state index in [1.165, 1.54) is 12.0 Å². The van der Waals surface area contributed by atoms with E-state index in [-0.39, 0.29) is 24.8 Å². The molecule has 0 spiro atoms. The van der Waals surface area contributed by atoms with Crippen LogP contribution < -0.4 is 10.1 Å². The van der Waals surface area contributed by atoms with Crippen molar-refractivity contribution < 1.29 is 18.8 Å². The monoisotopic (exact) mass is 413 g/mol. The Morgan fingerprint density at radius 2 is 1.93 bits per heavy atom. The van der Waals surface area contributed by atoms with E-state index in [0.717, 1.165) is 5.56 Å². The van der Waals surface area contributed by atoms with E-state index in [1.54, 1.807) is 31.3 Å². The molecule has 0 aliphatic carbocycles. The fourth-order valence-corrected chi connectivity index (χ4v) is 2.87. The molecule has 0 unspecified atom stereocenters. The molecular formula is C21H20ClN3O4. The van der Waals surface area contributed by atoms with Gasteiger partial charge in [-0.3, -0.25) is 9.59 Å². The Balaban J connectivity index is 1.57. The van der Waals surface area contributed by atoms with E-state index in [0.29, 0.717) is 27.9 Å². The summed E-state index contributed by atoms with van der Waals surface area (Å²) in [6.07, 6.45) is 0.0284. The molecule has 0 aliphatic rings. The van der Waals surface area contributed by atoms with Crippen LogP contribution in [-0.4, -0.2) is 42.6 Å². The quantitative estimate of drug-likeness (QED) is 0.639. The number of anilines is 1. The zero-order chi connectivity index (χ0) is 20.8. The van der Waals surface area contributed by atoms with Gasteiger partial charge in [-0.05, 0) is 18.2 Å². The number of carbonyl (C=O) groups excluding carboxylic acids is 2. The van der Waals surface area contributed by atoms with Crippen LogP contribution in [0, 0.1) is 0 Å². The molecule has 7 nitrogen and oxygen atoms in total. The largest absolute Gasteiger partial charge is 0.495 e. The Kier molecular flexibility index (Phi) is 6.51. The molecule has 0 bridgehead atoms. The number of benzene rings is 2. The van der Waals surface area contributed by atoms with E-state index < -0.39 is 0 Å². The van der Waals surface area contributed by atoms with Gasteiger partial charge in [-0.2, -0.15) is 0 Å². The Morgan fingerprint density at radius 3 is 2.66 bits per heavy atom. The highest BCUT2D eigenvalue weighted by molar-refractivity contribution is 6.31. The van der Waals surface area contributed by atoms with Gasteiger partial charge in [0.2, 0.25) is 11.8 Å². The van der Waals surface area contributed by atoms with Crippen LogP contribution in [0.5, 0.6) is 5.75 Å². The second-order valence-corrected chi connectivity index (χ2v) is 6.80. The van der Waals surface area contributed by atoms with Gasteiger partial charge in [0.15, 0.2) is 5.76 Å². The van der Waals surface area contributed by atoms with E-state index in [1.807, 2.05) is 30.3 Å². The van der Waals surface area contributed by atoms with Crippen molar-refractivity contribution in [3.05, 3.63) is 65.3 Å². The fourth-order valence-electron chi connectivity index (χ4n) is 2.69. The molecule has 0 saturated carbocycles. The Morgan fingerprint density at radius 1 is 1.17 bits per heavy atom. The predicted octanol–water partition coefficient (Wildman–Crippen LogP) is 3.64. The molecule has 2 amide bonds. The van der Waals surface area contributed by atoms with Gasteiger partial charge in [-0.1, -0.05) is 47.1 Å². The van der Waals surface area contributed by atoms with E-state index in [2.05, 4.69) is 10.5 Å². The number of likely N-dealkylation sites (N-methyl/N-ethyl adjacent to an activating group) is 1. The standard InChI is InChI=1S/C21H20ClN3O4/c1-25(13-20(26)23-17-10-15(22)8-9-18(17)28-2)21(27)12-16-11-19(29-24-16)14-6-4-3-5-7-14/h3-11H,12-13H2,1-2H3,(H,23,26). The Labute approximate surface area is 173 Å². The zero-order valence-corrected chi connectivity index (χ0v) is 16.8. The number of carbonyl (C=O) groups is 2. The summed E-state index contributed by atoms with van der Waals surface area (Å²) in [6, 6.07) is 16.1. The van der Waals surface area contributed by atoms with Crippen LogP contribution in [0.25, 0.3) is 11.3 Å². The third-order valence-electron chi connectivity index (χ3n) is 4.19. The normalized spacial score (nSPS) is 10.4. The van der Waals surface area contributed by atoms with E-state index >= 15 is 0 Å². The molecule has 3 rings (SSSR count). The van der Waals surface area contributed by atoms with Gasteiger partial charge in [0.25, 0.3) is 0 Å². The highest BCUT2D eigenvalue weighted by atomic mass is 35.5. The highest BCUT2D eigenvalue weighted by Crippen LogP contribution is 2.27. The number of rotatable bonds is 7. The fraction of sp³-hybridized carbons (Fsp3) is 0.190. The number of nitrogens with one attached hydrogen (secondary N) is 1. The molecule has 2 aromatic carbocycles. The van der Waals surface area contributed by atoms with Crippen molar-refractivity contribution in [1.82, 2.24) is 10.1 Å². The predicted molar refractivity (Wildman–Crippen MR) is 110 cm³/mol. The minimum absolute atomic E-state index is 0.0284. The van der Waals surface area contributed by atoms with Gasteiger partial charge in [0.05, 0.1) is 31.5 Å². The topological polar surface area (TPSA) is 84.7 Å². The second kappa shape index (κ2) is 9.25. The van der Waals surface area contributed by atoms with Crippen molar-refractivity contribution in [3.63, 3.8) is 0 Å². The van der Waals surface area contributed by atoms with Crippen LogP contribution in [0.15, 0.2) is 59.1 Å². The van der Waals surface area contributed by atoms with Crippen LogP contribution in [-0.2, 0) is 16.0 Å². The van der Waals surface area contributed by atoms with Crippen molar-refractivity contribution in [1.29, 1.82) is 0 Å². The van der Waals surface area contributed by atoms with Crippen LogP contribution in [0.1, 0.15) is 5.69 Å². The zero-order valence-electron chi connectivity index (χ0n) is 16.0. The number of ether oxygens (including phenoxy) is 1. The molecule has 3 aromatic rings. The molecule has 0 saturated heterocycles. The first kappa shape index (κ1) is 20.4. The van der Waals surface area contributed by atoms with Crippen molar-refractivity contribution in [2.75, 3.05) is 26.0 Å². The molecule has 0 radical (unpaired) electrons. The number of amides is 2. The van der Waals surface area contributed by atoms with Crippen LogP contribution in [0.3, 0.4) is 0 Å². The molecular weight excluding hydrogens is 394 g/mol.